The maximum absolute atomic E-state index is 6.16. The maximum atomic E-state index is 6.16. The number of nitrogens with two attached hydrogens (primary N) is 1. The lowest BCUT2D eigenvalue weighted by Crippen LogP contribution is -2.17. The van der Waals surface area contributed by atoms with Crippen LogP contribution >= 0.6 is 27.5 Å². The summed E-state index contributed by atoms with van der Waals surface area (Å²) < 4.78 is 0.951. The van der Waals surface area contributed by atoms with E-state index < -0.39 is 0 Å². The van der Waals surface area contributed by atoms with Gasteiger partial charge in [0.15, 0.2) is 0 Å². The molecule has 2 N–H and O–H groups in total. The molecule has 18 heavy (non-hydrogen) atoms. The Labute approximate surface area is 120 Å². The summed E-state index contributed by atoms with van der Waals surface area (Å²) in [7, 11) is 2.00. The van der Waals surface area contributed by atoms with Crippen LogP contribution < -0.4 is 10.6 Å². The maximum Gasteiger partial charge on any atom is 0.0592 e. The zero-order chi connectivity index (χ0) is 13.1. The molecule has 0 saturated carbocycles. The fraction of sp³-hybridized carbons (Fsp3) is 0.154. The molecule has 2 aromatic rings. The molecule has 1 aromatic carbocycles. The van der Waals surface area contributed by atoms with Crippen molar-refractivity contribution in [1.29, 1.82) is 0 Å². The number of benzene rings is 1. The zero-order valence-electron chi connectivity index (χ0n) is 9.90. The van der Waals surface area contributed by atoms with Crippen molar-refractivity contribution >= 4 is 38.9 Å². The molecule has 0 spiro atoms. The van der Waals surface area contributed by atoms with Crippen molar-refractivity contribution < 1.29 is 0 Å². The Morgan fingerprint density at radius 2 is 2.17 bits per heavy atom. The number of anilines is 2. The van der Waals surface area contributed by atoms with Crippen LogP contribution in [-0.4, -0.2) is 12.0 Å². The van der Waals surface area contributed by atoms with Gasteiger partial charge in [-0.15, -0.1) is 0 Å². The van der Waals surface area contributed by atoms with Crippen LogP contribution in [0.4, 0.5) is 11.4 Å². The minimum Gasteiger partial charge on any atom is -0.399 e. The van der Waals surface area contributed by atoms with Crippen LogP contribution in [0.15, 0.2) is 41.1 Å². The second kappa shape index (κ2) is 5.59. The number of rotatable bonds is 3. The first-order valence-corrected chi connectivity index (χ1v) is 6.59. The third-order valence-corrected chi connectivity index (χ3v) is 3.62. The van der Waals surface area contributed by atoms with E-state index in [0.717, 1.165) is 26.4 Å². The smallest absolute Gasteiger partial charge is 0.0592 e. The van der Waals surface area contributed by atoms with Gasteiger partial charge in [0.05, 0.1) is 10.2 Å². The normalized spacial score (nSPS) is 10.4. The van der Waals surface area contributed by atoms with Gasteiger partial charge in [0.25, 0.3) is 0 Å². The predicted octanol–water partition coefficient (Wildman–Crippen LogP) is 3.72. The lowest BCUT2D eigenvalue weighted by atomic mass is 10.2. The lowest BCUT2D eigenvalue weighted by Gasteiger charge is -2.21. The third-order valence-electron chi connectivity index (χ3n) is 2.64. The van der Waals surface area contributed by atoms with E-state index in [4.69, 9.17) is 17.3 Å². The van der Waals surface area contributed by atoms with Crippen LogP contribution in [0, 0.1) is 0 Å². The van der Waals surface area contributed by atoms with Crippen molar-refractivity contribution in [3.8, 4) is 0 Å². The monoisotopic (exact) mass is 325 g/mol. The molecule has 0 atom stereocenters. The molecule has 0 aliphatic heterocycles. The van der Waals surface area contributed by atoms with Gasteiger partial charge in [-0.25, -0.2) is 0 Å². The van der Waals surface area contributed by atoms with Crippen molar-refractivity contribution in [2.75, 3.05) is 17.7 Å². The second-order valence-corrected chi connectivity index (χ2v) is 5.30. The number of hydrogen-bond acceptors (Lipinski definition) is 3. The van der Waals surface area contributed by atoms with Crippen LogP contribution in [0.1, 0.15) is 5.56 Å². The van der Waals surface area contributed by atoms with E-state index in [0.29, 0.717) is 6.54 Å². The van der Waals surface area contributed by atoms with Crippen LogP contribution in [0.2, 0.25) is 5.02 Å². The largest absolute Gasteiger partial charge is 0.399 e. The molecule has 0 amide bonds. The SMILES string of the molecule is CN(Cc1cc(N)ccc1Cl)c1ccncc1Br. The molecule has 0 aliphatic carbocycles. The Hall–Kier alpha value is -1.26. The van der Waals surface area contributed by atoms with Crippen molar-refractivity contribution in [3.05, 3.63) is 51.7 Å². The summed E-state index contributed by atoms with van der Waals surface area (Å²) in [5.41, 5.74) is 8.56. The van der Waals surface area contributed by atoms with Crippen molar-refractivity contribution in [3.63, 3.8) is 0 Å². The van der Waals surface area contributed by atoms with E-state index >= 15 is 0 Å². The molecule has 0 unspecified atom stereocenters. The Bertz CT molecular complexity index is 560. The summed E-state index contributed by atoms with van der Waals surface area (Å²) in [5, 5.41) is 0.723. The van der Waals surface area contributed by atoms with Crippen molar-refractivity contribution in [2.24, 2.45) is 0 Å². The number of nitrogens with zero attached hydrogens (tertiary/aromatic N) is 2. The molecule has 1 aromatic heterocycles. The lowest BCUT2D eigenvalue weighted by molar-refractivity contribution is 0.918. The van der Waals surface area contributed by atoms with E-state index in [1.165, 1.54) is 0 Å². The summed E-state index contributed by atoms with van der Waals surface area (Å²) in [6.45, 7) is 0.687. The van der Waals surface area contributed by atoms with Gasteiger partial charge < -0.3 is 10.6 Å². The van der Waals surface area contributed by atoms with E-state index in [-0.39, 0.29) is 0 Å². The van der Waals surface area contributed by atoms with Crippen molar-refractivity contribution in [2.45, 2.75) is 6.54 Å². The number of halogens is 2. The topological polar surface area (TPSA) is 42.1 Å². The molecule has 3 nitrogen and oxygen atoms in total. The Kier molecular flexibility index (Phi) is 4.09. The van der Waals surface area contributed by atoms with Crippen molar-refractivity contribution in [1.82, 2.24) is 4.98 Å². The highest BCUT2D eigenvalue weighted by Gasteiger charge is 2.08. The van der Waals surface area contributed by atoms with Crippen LogP contribution in [0.25, 0.3) is 0 Å². The van der Waals surface area contributed by atoms with Gasteiger partial charge >= 0.3 is 0 Å². The number of nitrogen functional groups attached to an aromatic ring is 1. The first-order valence-electron chi connectivity index (χ1n) is 5.42. The molecular formula is C13H13BrClN3. The third kappa shape index (κ3) is 2.94. The number of pyridine rings is 1. The average molecular weight is 327 g/mol. The molecular weight excluding hydrogens is 314 g/mol. The van der Waals surface area contributed by atoms with Crippen LogP contribution in [0.5, 0.6) is 0 Å². The van der Waals surface area contributed by atoms with Crippen LogP contribution in [0.3, 0.4) is 0 Å². The molecule has 94 valence electrons. The second-order valence-electron chi connectivity index (χ2n) is 4.03. The highest BCUT2D eigenvalue weighted by Crippen LogP contribution is 2.27. The molecule has 5 heteroatoms. The fourth-order valence-electron chi connectivity index (χ4n) is 1.73. The Balaban J connectivity index is 2.24. The summed E-state index contributed by atoms with van der Waals surface area (Å²) in [5.74, 6) is 0. The molecule has 0 saturated heterocycles. The molecule has 0 fully saturated rings. The van der Waals surface area contributed by atoms with Gasteiger partial charge in [-0.1, -0.05) is 11.6 Å². The van der Waals surface area contributed by atoms with Gasteiger partial charge in [-0.2, -0.15) is 0 Å². The van der Waals surface area contributed by atoms with E-state index in [9.17, 15) is 0 Å². The van der Waals surface area contributed by atoms with E-state index in [2.05, 4.69) is 25.8 Å². The molecule has 0 aliphatic rings. The summed E-state index contributed by atoms with van der Waals surface area (Å²) >= 11 is 9.64. The average Bonchev–Trinajstić information content (AvgIpc) is 2.34. The molecule has 0 bridgehead atoms. The fourth-order valence-corrected chi connectivity index (χ4v) is 2.46. The minimum atomic E-state index is 0.687. The standard InChI is InChI=1S/C13H13BrClN3/c1-18(13-4-5-17-7-11(13)14)8-9-6-10(16)2-3-12(9)15/h2-7H,8,16H2,1H3. The van der Waals surface area contributed by atoms with E-state index in [1.54, 1.807) is 18.5 Å². The van der Waals surface area contributed by atoms with Gasteiger partial charge in [0.1, 0.15) is 0 Å². The van der Waals surface area contributed by atoms with E-state index in [1.807, 2.05) is 25.2 Å². The number of hydrogen-bond donors (Lipinski definition) is 1. The summed E-state index contributed by atoms with van der Waals surface area (Å²) in [6.07, 6.45) is 3.53. The predicted molar refractivity (Wildman–Crippen MR) is 79.9 cm³/mol. The van der Waals surface area contributed by atoms with Gasteiger partial charge in [-0.05, 0) is 45.8 Å². The summed E-state index contributed by atoms with van der Waals surface area (Å²) in [4.78, 5) is 6.14. The van der Waals surface area contributed by atoms with Crippen LogP contribution in [-0.2, 0) is 6.54 Å². The first kappa shape index (κ1) is 13.2. The Morgan fingerprint density at radius 3 is 2.89 bits per heavy atom. The zero-order valence-corrected chi connectivity index (χ0v) is 12.2. The highest BCUT2D eigenvalue weighted by atomic mass is 79.9. The summed E-state index contributed by atoms with van der Waals surface area (Å²) in [6, 6.07) is 7.47. The number of aromatic nitrogens is 1. The quantitative estimate of drug-likeness (QED) is 0.874. The first-order chi connectivity index (χ1) is 8.58. The molecule has 1 heterocycles. The Morgan fingerprint density at radius 1 is 1.39 bits per heavy atom. The van der Waals surface area contributed by atoms with Gasteiger partial charge in [0, 0.05) is 36.7 Å². The van der Waals surface area contributed by atoms with Gasteiger partial charge in [-0.3, -0.25) is 4.98 Å². The minimum absolute atomic E-state index is 0.687. The molecule has 2 rings (SSSR count). The molecule has 0 radical (unpaired) electrons. The highest BCUT2D eigenvalue weighted by molar-refractivity contribution is 9.10. The van der Waals surface area contributed by atoms with Gasteiger partial charge in [0.2, 0.25) is 0 Å².